The van der Waals surface area contributed by atoms with E-state index < -0.39 is 15.9 Å². The summed E-state index contributed by atoms with van der Waals surface area (Å²) in [4.78, 5) is 27.1. The van der Waals surface area contributed by atoms with Gasteiger partial charge in [0.05, 0.1) is 17.5 Å². The average molecular weight is 399 g/mol. The lowest BCUT2D eigenvalue weighted by atomic mass is 9.80. The van der Waals surface area contributed by atoms with E-state index in [1.807, 2.05) is 0 Å². The van der Waals surface area contributed by atoms with Gasteiger partial charge in [0.25, 0.3) is 5.91 Å². The number of carbonyl (C=O) groups excluding carboxylic acids is 2. The van der Waals surface area contributed by atoms with Crippen molar-refractivity contribution >= 4 is 27.4 Å². The number of nitrogens with one attached hydrogen (secondary N) is 1. The summed E-state index contributed by atoms with van der Waals surface area (Å²) >= 11 is 0. The quantitative estimate of drug-likeness (QED) is 0.728. The highest BCUT2D eigenvalue weighted by Gasteiger charge is 2.38. The molecule has 1 N–H and O–H groups in total. The molecule has 0 spiro atoms. The molecule has 2 aliphatic heterocycles. The molecule has 0 aromatic rings. The first-order chi connectivity index (χ1) is 12.7. The summed E-state index contributed by atoms with van der Waals surface area (Å²) < 4.78 is 23.4. The highest BCUT2D eigenvalue weighted by atomic mass is 32.2. The van der Waals surface area contributed by atoms with Crippen LogP contribution in [0.5, 0.6) is 0 Å². The van der Waals surface area contributed by atoms with Crippen molar-refractivity contribution in [2.75, 3.05) is 32.1 Å². The first-order valence-corrected chi connectivity index (χ1v) is 11.6. The van der Waals surface area contributed by atoms with E-state index in [0.29, 0.717) is 25.1 Å². The zero-order valence-electron chi connectivity index (χ0n) is 16.2. The van der Waals surface area contributed by atoms with Gasteiger partial charge in [-0.25, -0.2) is 13.4 Å². The van der Waals surface area contributed by atoms with E-state index in [2.05, 4.69) is 29.4 Å². The minimum absolute atomic E-state index is 0.0296. The predicted octanol–water partition coefficient (Wildman–Crippen LogP) is 0.533. The second-order valence-corrected chi connectivity index (χ2v) is 10.4. The smallest absolute Gasteiger partial charge is 0.267 e. The molecule has 0 radical (unpaired) electrons. The van der Waals surface area contributed by atoms with E-state index in [-0.39, 0.29) is 35.3 Å². The summed E-state index contributed by atoms with van der Waals surface area (Å²) in [5, 5.41) is 8.51. The number of sulfone groups is 1. The Bertz CT molecular complexity index is 726. The van der Waals surface area contributed by atoms with Gasteiger partial charge in [-0.1, -0.05) is 19.3 Å². The van der Waals surface area contributed by atoms with Crippen molar-refractivity contribution in [2.24, 2.45) is 5.10 Å². The lowest BCUT2D eigenvalue weighted by Crippen LogP contribution is -2.55. The standard InChI is InChI=1S/C18H30N4O4S/c1-21(2)18(9-4-3-5-10-18)13-19-17(24)15-6-7-16(23)22(20-15)14-8-11-27(25,26)12-14/h14H,3-13H2,1-2H3,(H,19,24)/t14-/m0/s1. The molecule has 152 valence electrons. The molecule has 27 heavy (non-hydrogen) atoms. The summed E-state index contributed by atoms with van der Waals surface area (Å²) in [6, 6.07) is -0.447. The summed E-state index contributed by atoms with van der Waals surface area (Å²) in [5.41, 5.74) is 0.293. The molecule has 1 saturated heterocycles. The molecule has 2 heterocycles. The van der Waals surface area contributed by atoms with Gasteiger partial charge in [0, 0.05) is 24.9 Å². The van der Waals surface area contributed by atoms with E-state index in [0.717, 1.165) is 25.7 Å². The number of nitrogens with zero attached hydrogens (tertiary/aromatic N) is 3. The van der Waals surface area contributed by atoms with Crippen LogP contribution in [0.3, 0.4) is 0 Å². The topological polar surface area (TPSA) is 99.2 Å². The molecule has 9 heteroatoms. The molecule has 1 saturated carbocycles. The van der Waals surface area contributed by atoms with E-state index in [1.54, 1.807) is 0 Å². The molecule has 3 aliphatic rings. The van der Waals surface area contributed by atoms with Crippen LogP contribution in [0.15, 0.2) is 5.10 Å². The van der Waals surface area contributed by atoms with Crippen molar-refractivity contribution in [1.29, 1.82) is 0 Å². The van der Waals surface area contributed by atoms with E-state index in [4.69, 9.17) is 0 Å². The fourth-order valence-corrected chi connectivity index (χ4v) is 6.02. The lowest BCUT2D eigenvalue weighted by molar-refractivity contribution is -0.133. The Balaban J connectivity index is 1.66. The number of likely N-dealkylation sites (N-methyl/N-ethyl adjacent to an activating group) is 1. The van der Waals surface area contributed by atoms with Crippen LogP contribution < -0.4 is 5.32 Å². The lowest BCUT2D eigenvalue weighted by Gasteiger charge is -2.43. The Morgan fingerprint density at radius 3 is 2.56 bits per heavy atom. The third-order valence-electron chi connectivity index (χ3n) is 6.19. The summed E-state index contributed by atoms with van der Waals surface area (Å²) in [7, 11) is 0.987. The molecule has 2 fully saturated rings. The van der Waals surface area contributed by atoms with Crippen LogP contribution in [-0.4, -0.2) is 79.6 Å². The number of hydrogen-bond donors (Lipinski definition) is 1. The first-order valence-electron chi connectivity index (χ1n) is 9.78. The fourth-order valence-electron chi connectivity index (χ4n) is 4.33. The number of hydrazone groups is 1. The van der Waals surface area contributed by atoms with Crippen molar-refractivity contribution in [1.82, 2.24) is 15.2 Å². The van der Waals surface area contributed by atoms with Crippen LogP contribution >= 0.6 is 0 Å². The zero-order valence-corrected chi connectivity index (χ0v) is 17.1. The van der Waals surface area contributed by atoms with Crippen LogP contribution in [0.4, 0.5) is 0 Å². The molecule has 0 bridgehead atoms. The van der Waals surface area contributed by atoms with Gasteiger partial charge in [-0.2, -0.15) is 5.10 Å². The largest absolute Gasteiger partial charge is 0.349 e. The second-order valence-electron chi connectivity index (χ2n) is 8.20. The van der Waals surface area contributed by atoms with Crippen LogP contribution in [0.2, 0.25) is 0 Å². The first kappa shape index (κ1) is 20.3. The average Bonchev–Trinajstić information content (AvgIpc) is 3.00. The fraction of sp³-hybridized carbons (Fsp3) is 0.833. The van der Waals surface area contributed by atoms with Gasteiger partial charge < -0.3 is 10.2 Å². The van der Waals surface area contributed by atoms with Gasteiger partial charge in [-0.15, -0.1) is 0 Å². The highest BCUT2D eigenvalue weighted by Crippen LogP contribution is 2.31. The van der Waals surface area contributed by atoms with Crippen molar-refractivity contribution in [3.05, 3.63) is 0 Å². The van der Waals surface area contributed by atoms with Gasteiger partial charge in [0.15, 0.2) is 9.84 Å². The normalized spacial score (nSPS) is 27.5. The van der Waals surface area contributed by atoms with Crippen LogP contribution in [-0.2, 0) is 19.4 Å². The summed E-state index contributed by atoms with van der Waals surface area (Å²) in [5.74, 6) is -0.448. The molecule has 0 unspecified atom stereocenters. The number of rotatable bonds is 5. The van der Waals surface area contributed by atoms with Crippen molar-refractivity contribution in [2.45, 2.75) is 62.9 Å². The maximum atomic E-state index is 12.7. The van der Waals surface area contributed by atoms with Gasteiger partial charge in [-0.3, -0.25) is 9.59 Å². The van der Waals surface area contributed by atoms with Crippen LogP contribution in [0.25, 0.3) is 0 Å². The SMILES string of the molecule is CN(C)C1(CNC(=O)C2=NN([C@H]3CCS(=O)(=O)C3)C(=O)CC2)CCCCC1. The molecule has 2 amide bonds. The predicted molar refractivity (Wildman–Crippen MR) is 103 cm³/mol. The monoisotopic (exact) mass is 398 g/mol. The molecule has 0 aromatic carbocycles. The molecular formula is C18H30N4O4S. The molecular weight excluding hydrogens is 368 g/mol. The summed E-state index contributed by atoms with van der Waals surface area (Å²) in [6.07, 6.45) is 6.54. The van der Waals surface area contributed by atoms with Gasteiger partial charge in [-0.05, 0) is 33.4 Å². The van der Waals surface area contributed by atoms with Gasteiger partial charge in [0.1, 0.15) is 5.71 Å². The maximum absolute atomic E-state index is 12.7. The zero-order chi connectivity index (χ0) is 19.7. The van der Waals surface area contributed by atoms with Crippen LogP contribution in [0.1, 0.15) is 51.4 Å². The Morgan fingerprint density at radius 2 is 1.96 bits per heavy atom. The Hall–Kier alpha value is -1.48. The number of hydrogen-bond acceptors (Lipinski definition) is 6. The van der Waals surface area contributed by atoms with E-state index in [1.165, 1.54) is 11.4 Å². The second kappa shape index (κ2) is 7.87. The molecule has 0 aromatic heterocycles. The van der Waals surface area contributed by atoms with Crippen LogP contribution in [0, 0.1) is 0 Å². The van der Waals surface area contributed by atoms with Gasteiger partial charge in [0.2, 0.25) is 5.91 Å². The third-order valence-corrected chi connectivity index (χ3v) is 7.94. The van der Waals surface area contributed by atoms with Gasteiger partial charge >= 0.3 is 0 Å². The van der Waals surface area contributed by atoms with E-state index >= 15 is 0 Å². The molecule has 1 atom stereocenters. The van der Waals surface area contributed by atoms with E-state index in [9.17, 15) is 18.0 Å². The Morgan fingerprint density at radius 1 is 1.26 bits per heavy atom. The third kappa shape index (κ3) is 4.51. The Labute approximate surface area is 161 Å². The number of amides is 2. The van der Waals surface area contributed by atoms with Crippen molar-refractivity contribution < 1.29 is 18.0 Å². The Kier molecular flexibility index (Phi) is 5.90. The minimum Gasteiger partial charge on any atom is -0.349 e. The highest BCUT2D eigenvalue weighted by molar-refractivity contribution is 7.91. The van der Waals surface area contributed by atoms with Crippen molar-refractivity contribution in [3.63, 3.8) is 0 Å². The maximum Gasteiger partial charge on any atom is 0.267 e. The minimum atomic E-state index is -3.12. The molecule has 3 rings (SSSR count). The summed E-state index contributed by atoms with van der Waals surface area (Å²) in [6.45, 7) is 0.559. The molecule has 1 aliphatic carbocycles. The number of carbonyl (C=O) groups is 2. The molecule has 8 nitrogen and oxygen atoms in total. The van der Waals surface area contributed by atoms with Crippen molar-refractivity contribution in [3.8, 4) is 0 Å².